The third-order valence-electron chi connectivity index (χ3n) is 2.51. The molecular weight excluding hydrogens is 202 g/mol. The van der Waals surface area contributed by atoms with Gasteiger partial charge in [0, 0.05) is 19.1 Å². The smallest absolute Gasteiger partial charge is 0.119 e. The summed E-state index contributed by atoms with van der Waals surface area (Å²) in [6, 6.07) is 10.2. The van der Waals surface area contributed by atoms with Crippen LogP contribution in [0.2, 0.25) is 0 Å². The minimum absolute atomic E-state index is 0.198. The van der Waals surface area contributed by atoms with E-state index in [1.807, 2.05) is 30.3 Å². The average molecular weight is 223 g/mol. The lowest BCUT2D eigenvalue weighted by atomic mass is 10.3. The summed E-state index contributed by atoms with van der Waals surface area (Å²) >= 11 is 0. The summed E-state index contributed by atoms with van der Waals surface area (Å²) in [4.78, 5) is 2.20. The Bertz CT molecular complexity index is 275. The Kier molecular flexibility index (Phi) is 5.90. The van der Waals surface area contributed by atoms with E-state index in [2.05, 4.69) is 18.7 Å². The number of hydrogen-bond acceptors (Lipinski definition) is 3. The van der Waals surface area contributed by atoms with E-state index >= 15 is 0 Å². The summed E-state index contributed by atoms with van der Waals surface area (Å²) in [6.45, 7) is 6.64. The zero-order valence-corrected chi connectivity index (χ0v) is 10.1. The largest absolute Gasteiger partial charge is 0.492 e. The molecule has 0 heterocycles. The average Bonchev–Trinajstić information content (AvgIpc) is 2.29. The van der Waals surface area contributed by atoms with Gasteiger partial charge in [-0.15, -0.1) is 0 Å². The molecule has 0 aromatic heterocycles. The van der Waals surface area contributed by atoms with Crippen LogP contribution in [0, 0.1) is 0 Å². The van der Waals surface area contributed by atoms with Crippen LogP contribution in [-0.4, -0.2) is 42.4 Å². The van der Waals surface area contributed by atoms with Crippen molar-refractivity contribution < 1.29 is 9.84 Å². The molecule has 0 bridgehead atoms. The molecule has 1 aromatic rings. The molecule has 0 atom stereocenters. The molecule has 0 saturated carbocycles. The first-order chi connectivity index (χ1) is 7.74. The maximum absolute atomic E-state index is 8.92. The van der Waals surface area contributed by atoms with Crippen molar-refractivity contribution in [3.8, 4) is 5.75 Å². The van der Waals surface area contributed by atoms with Crippen molar-refractivity contribution in [3.63, 3.8) is 0 Å². The van der Waals surface area contributed by atoms with Crippen LogP contribution in [0.1, 0.15) is 13.8 Å². The normalized spacial score (nSPS) is 11.1. The van der Waals surface area contributed by atoms with E-state index in [-0.39, 0.29) is 6.61 Å². The Morgan fingerprint density at radius 2 is 1.88 bits per heavy atom. The molecule has 3 heteroatoms. The fraction of sp³-hybridized carbons (Fsp3) is 0.538. The van der Waals surface area contributed by atoms with Crippen molar-refractivity contribution in [1.82, 2.24) is 4.90 Å². The molecule has 0 spiro atoms. The van der Waals surface area contributed by atoms with Gasteiger partial charge in [-0.25, -0.2) is 0 Å². The SMILES string of the molecule is CC(C)N(CCO)CCOc1ccccc1. The third-order valence-corrected chi connectivity index (χ3v) is 2.51. The molecule has 16 heavy (non-hydrogen) atoms. The first-order valence-corrected chi connectivity index (χ1v) is 5.77. The maximum atomic E-state index is 8.92. The van der Waals surface area contributed by atoms with Crippen molar-refractivity contribution in [1.29, 1.82) is 0 Å². The van der Waals surface area contributed by atoms with Crippen LogP contribution >= 0.6 is 0 Å². The summed E-state index contributed by atoms with van der Waals surface area (Å²) in [5.74, 6) is 0.898. The molecule has 0 aliphatic carbocycles. The topological polar surface area (TPSA) is 32.7 Å². The molecule has 90 valence electrons. The van der Waals surface area contributed by atoms with Crippen LogP contribution in [-0.2, 0) is 0 Å². The predicted octanol–water partition coefficient (Wildman–Crippen LogP) is 1.77. The van der Waals surface area contributed by atoms with E-state index in [0.29, 0.717) is 19.2 Å². The van der Waals surface area contributed by atoms with Gasteiger partial charge in [0.05, 0.1) is 6.61 Å². The third kappa shape index (κ3) is 4.64. The molecule has 0 saturated heterocycles. The molecule has 0 fully saturated rings. The predicted molar refractivity (Wildman–Crippen MR) is 65.7 cm³/mol. The number of hydrogen-bond donors (Lipinski definition) is 1. The molecule has 3 nitrogen and oxygen atoms in total. The first-order valence-electron chi connectivity index (χ1n) is 5.77. The standard InChI is InChI=1S/C13H21NO2/c1-12(2)14(8-10-15)9-11-16-13-6-4-3-5-7-13/h3-7,12,15H,8-11H2,1-2H3. The highest BCUT2D eigenvalue weighted by Crippen LogP contribution is 2.08. The molecule has 1 rings (SSSR count). The Hall–Kier alpha value is -1.06. The molecule has 1 aromatic carbocycles. The van der Waals surface area contributed by atoms with Crippen LogP contribution in [0.25, 0.3) is 0 Å². The number of ether oxygens (including phenoxy) is 1. The van der Waals surface area contributed by atoms with Gasteiger partial charge in [-0.2, -0.15) is 0 Å². The van der Waals surface area contributed by atoms with Crippen molar-refractivity contribution in [2.24, 2.45) is 0 Å². The van der Waals surface area contributed by atoms with E-state index in [0.717, 1.165) is 12.3 Å². The fourth-order valence-corrected chi connectivity index (χ4v) is 1.55. The van der Waals surface area contributed by atoms with Crippen LogP contribution in [0.3, 0.4) is 0 Å². The van der Waals surface area contributed by atoms with Gasteiger partial charge in [0.2, 0.25) is 0 Å². The van der Waals surface area contributed by atoms with Crippen molar-refractivity contribution in [3.05, 3.63) is 30.3 Å². The molecule has 0 aliphatic rings. The highest BCUT2D eigenvalue weighted by molar-refractivity contribution is 5.20. The second kappa shape index (κ2) is 7.25. The number of rotatable bonds is 7. The quantitative estimate of drug-likeness (QED) is 0.764. The van der Waals surface area contributed by atoms with Crippen molar-refractivity contribution in [2.45, 2.75) is 19.9 Å². The molecule has 0 amide bonds. The van der Waals surface area contributed by atoms with Gasteiger partial charge < -0.3 is 9.84 Å². The zero-order chi connectivity index (χ0) is 11.8. The van der Waals surface area contributed by atoms with Gasteiger partial charge in [0.15, 0.2) is 0 Å². The molecule has 0 aliphatic heterocycles. The first kappa shape index (κ1) is 13.0. The number of benzene rings is 1. The highest BCUT2D eigenvalue weighted by Gasteiger charge is 2.07. The molecule has 1 N–H and O–H groups in total. The van der Waals surface area contributed by atoms with Crippen LogP contribution in [0.15, 0.2) is 30.3 Å². The number of para-hydroxylation sites is 1. The van der Waals surface area contributed by atoms with Gasteiger partial charge in [0.1, 0.15) is 12.4 Å². The lowest BCUT2D eigenvalue weighted by Crippen LogP contribution is -2.36. The van der Waals surface area contributed by atoms with Crippen LogP contribution < -0.4 is 4.74 Å². The van der Waals surface area contributed by atoms with Gasteiger partial charge in [-0.05, 0) is 26.0 Å². The van der Waals surface area contributed by atoms with E-state index in [4.69, 9.17) is 9.84 Å². The Balaban J connectivity index is 2.28. The minimum atomic E-state index is 0.198. The summed E-state index contributed by atoms with van der Waals surface area (Å²) in [5, 5.41) is 8.92. The summed E-state index contributed by atoms with van der Waals surface area (Å²) in [6.07, 6.45) is 0. The van der Waals surface area contributed by atoms with Gasteiger partial charge in [-0.3, -0.25) is 4.90 Å². The van der Waals surface area contributed by atoms with Gasteiger partial charge in [-0.1, -0.05) is 18.2 Å². The molecule has 0 radical (unpaired) electrons. The van der Waals surface area contributed by atoms with Gasteiger partial charge in [0.25, 0.3) is 0 Å². The second-order valence-corrected chi connectivity index (χ2v) is 4.01. The van der Waals surface area contributed by atoms with E-state index in [1.165, 1.54) is 0 Å². The monoisotopic (exact) mass is 223 g/mol. The lowest BCUT2D eigenvalue weighted by molar-refractivity contribution is 0.141. The molecule has 0 unspecified atom stereocenters. The number of aliphatic hydroxyl groups excluding tert-OH is 1. The van der Waals surface area contributed by atoms with E-state index in [9.17, 15) is 0 Å². The van der Waals surface area contributed by atoms with Crippen molar-refractivity contribution >= 4 is 0 Å². The zero-order valence-electron chi connectivity index (χ0n) is 10.1. The Labute approximate surface area is 97.7 Å². The number of nitrogens with zero attached hydrogens (tertiary/aromatic N) is 1. The van der Waals surface area contributed by atoms with Crippen molar-refractivity contribution in [2.75, 3.05) is 26.3 Å². The van der Waals surface area contributed by atoms with Crippen LogP contribution in [0.4, 0.5) is 0 Å². The fourth-order valence-electron chi connectivity index (χ4n) is 1.55. The Morgan fingerprint density at radius 3 is 2.44 bits per heavy atom. The van der Waals surface area contributed by atoms with Gasteiger partial charge >= 0.3 is 0 Å². The molecular formula is C13H21NO2. The second-order valence-electron chi connectivity index (χ2n) is 4.01. The lowest BCUT2D eigenvalue weighted by Gasteiger charge is -2.25. The summed E-state index contributed by atoms with van der Waals surface area (Å²) in [5.41, 5.74) is 0. The number of aliphatic hydroxyl groups is 1. The van der Waals surface area contributed by atoms with Crippen LogP contribution in [0.5, 0.6) is 5.75 Å². The maximum Gasteiger partial charge on any atom is 0.119 e. The summed E-state index contributed by atoms with van der Waals surface area (Å²) in [7, 11) is 0. The minimum Gasteiger partial charge on any atom is -0.492 e. The van der Waals surface area contributed by atoms with E-state index < -0.39 is 0 Å². The highest BCUT2D eigenvalue weighted by atomic mass is 16.5. The van der Waals surface area contributed by atoms with E-state index in [1.54, 1.807) is 0 Å². The summed E-state index contributed by atoms with van der Waals surface area (Å²) < 4.78 is 5.61. The Morgan fingerprint density at radius 1 is 1.19 bits per heavy atom.